The van der Waals surface area contributed by atoms with Gasteiger partial charge in [0.05, 0.1) is 5.69 Å². The van der Waals surface area contributed by atoms with Crippen LogP contribution < -0.4 is 11.1 Å². The monoisotopic (exact) mass is 190 g/mol. The van der Waals surface area contributed by atoms with Crippen molar-refractivity contribution in [1.29, 1.82) is 5.26 Å². The summed E-state index contributed by atoms with van der Waals surface area (Å²) in [5.74, 6) is 0. The zero-order valence-corrected chi connectivity index (χ0v) is 8.20. The maximum Gasteiger partial charge on any atom is 0.163 e. The van der Waals surface area contributed by atoms with Crippen molar-refractivity contribution in [2.24, 2.45) is 5.73 Å². The Morgan fingerprint density at radius 1 is 1.71 bits per heavy atom. The fraction of sp³-hybridized carbons (Fsp3) is 0.400. The molecule has 0 aliphatic carbocycles. The van der Waals surface area contributed by atoms with Crippen LogP contribution >= 0.6 is 0 Å². The van der Waals surface area contributed by atoms with E-state index in [-0.39, 0.29) is 6.04 Å². The Balaban J connectivity index is 2.80. The lowest BCUT2D eigenvalue weighted by molar-refractivity contribution is 0.703. The van der Waals surface area contributed by atoms with Gasteiger partial charge in [0.1, 0.15) is 6.07 Å². The maximum atomic E-state index is 8.79. The third kappa shape index (κ3) is 2.44. The van der Waals surface area contributed by atoms with E-state index in [4.69, 9.17) is 11.0 Å². The van der Waals surface area contributed by atoms with Crippen LogP contribution in [-0.2, 0) is 0 Å². The number of hydrogen-bond donors (Lipinski definition) is 2. The van der Waals surface area contributed by atoms with Crippen LogP contribution in [0.25, 0.3) is 0 Å². The molecule has 0 aliphatic heterocycles. The van der Waals surface area contributed by atoms with Gasteiger partial charge in [-0.2, -0.15) is 5.26 Å². The minimum absolute atomic E-state index is 0.200. The molecule has 0 saturated heterocycles. The molecule has 1 unspecified atom stereocenters. The molecule has 3 N–H and O–H groups in total. The van der Waals surface area contributed by atoms with E-state index < -0.39 is 0 Å². The molecule has 0 amide bonds. The van der Waals surface area contributed by atoms with Crippen LogP contribution in [0.1, 0.15) is 19.0 Å². The third-order valence-electron chi connectivity index (χ3n) is 2.05. The highest BCUT2D eigenvalue weighted by atomic mass is 15.0. The fourth-order valence-electron chi connectivity index (χ4n) is 1.16. The second-order valence-electron chi connectivity index (χ2n) is 3.00. The van der Waals surface area contributed by atoms with Crippen molar-refractivity contribution < 1.29 is 0 Å². The lowest BCUT2D eigenvalue weighted by atomic mass is 10.2. The van der Waals surface area contributed by atoms with Crippen LogP contribution in [0.4, 0.5) is 5.69 Å². The molecule has 0 radical (unpaired) electrons. The predicted octanol–water partition coefficient (Wildman–Crippen LogP) is 1.10. The topological polar surface area (TPSA) is 74.7 Å². The lowest BCUT2D eigenvalue weighted by Crippen LogP contribution is -2.28. The highest BCUT2D eigenvalue weighted by Gasteiger charge is 2.06. The van der Waals surface area contributed by atoms with Crippen molar-refractivity contribution in [2.75, 3.05) is 11.9 Å². The molecule has 0 spiro atoms. The van der Waals surface area contributed by atoms with Gasteiger partial charge in [0.2, 0.25) is 0 Å². The molecule has 14 heavy (non-hydrogen) atoms. The van der Waals surface area contributed by atoms with Gasteiger partial charge in [-0.3, -0.25) is 0 Å². The molecule has 1 aromatic heterocycles. The summed E-state index contributed by atoms with van der Waals surface area (Å²) in [7, 11) is 0. The van der Waals surface area contributed by atoms with Gasteiger partial charge in [0, 0.05) is 18.8 Å². The minimum Gasteiger partial charge on any atom is -0.379 e. The molecule has 4 heteroatoms. The van der Waals surface area contributed by atoms with Gasteiger partial charge in [-0.1, -0.05) is 6.92 Å². The number of anilines is 1. The third-order valence-corrected chi connectivity index (χ3v) is 2.05. The first-order chi connectivity index (χ1) is 6.81. The highest BCUT2D eigenvalue weighted by molar-refractivity contribution is 5.53. The molecule has 1 heterocycles. The van der Waals surface area contributed by atoms with Crippen molar-refractivity contribution in [3.05, 3.63) is 24.0 Å². The number of hydrogen-bond acceptors (Lipinski definition) is 4. The molecule has 1 atom stereocenters. The molecular weight excluding hydrogens is 176 g/mol. The average Bonchev–Trinajstić information content (AvgIpc) is 2.26. The van der Waals surface area contributed by atoms with E-state index in [0.717, 1.165) is 12.1 Å². The van der Waals surface area contributed by atoms with Crippen LogP contribution in [0.2, 0.25) is 0 Å². The molecule has 0 aromatic carbocycles. The largest absolute Gasteiger partial charge is 0.379 e. The van der Waals surface area contributed by atoms with E-state index in [1.165, 1.54) is 0 Å². The number of nitrogens with one attached hydrogen (secondary N) is 1. The second kappa shape index (κ2) is 5.20. The zero-order chi connectivity index (χ0) is 10.4. The van der Waals surface area contributed by atoms with E-state index in [2.05, 4.69) is 10.3 Å². The number of rotatable bonds is 4. The molecule has 0 saturated carbocycles. The SMILES string of the molecule is CCC(CN)Nc1cccnc1C#N. The number of aromatic nitrogens is 1. The molecule has 1 aromatic rings. The first-order valence-electron chi connectivity index (χ1n) is 4.63. The van der Waals surface area contributed by atoms with E-state index in [1.807, 2.05) is 19.1 Å². The van der Waals surface area contributed by atoms with Gasteiger partial charge >= 0.3 is 0 Å². The predicted molar refractivity (Wildman–Crippen MR) is 55.7 cm³/mol. The Hall–Kier alpha value is -1.60. The summed E-state index contributed by atoms with van der Waals surface area (Å²) in [5.41, 5.74) is 6.73. The van der Waals surface area contributed by atoms with E-state index in [0.29, 0.717) is 12.2 Å². The summed E-state index contributed by atoms with van der Waals surface area (Å²) < 4.78 is 0. The Kier molecular flexibility index (Phi) is 3.89. The van der Waals surface area contributed by atoms with Crippen molar-refractivity contribution >= 4 is 5.69 Å². The lowest BCUT2D eigenvalue weighted by Gasteiger charge is -2.16. The van der Waals surface area contributed by atoms with Gasteiger partial charge < -0.3 is 11.1 Å². The molecule has 4 nitrogen and oxygen atoms in total. The Morgan fingerprint density at radius 3 is 3.07 bits per heavy atom. The van der Waals surface area contributed by atoms with Gasteiger partial charge in [-0.15, -0.1) is 0 Å². The summed E-state index contributed by atoms with van der Waals surface area (Å²) in [6, 6.07) is 5.87. The number of pyridine rings is 1. The van der Waals surface area contributed by atoms with Gasteiger partial charge in [-0.05, 0) is 18.6 Å². The number of nitriles is 1. The van der Waals surface area contributed by atoms with Gasteiger partial charge in [0.25, 0.3) is 0 Å². The normalized spacial score (nSPS) is 11.8. The van der Waals surface area contributed by atoms with Crippen LogP contribution in [0.5, 0.6) is 0 Å². The maximum absolute atomic E-state index is 8.79. The van der Waals surface area contributed by atoms with Crippen LogP contribution in [0.15, 0.2) is 18.3 Å². The first kappa shape index (κ1) is 10.5. The Bertz CT molecular complexity index is 325. The standard InChI is InChI=1S/C10H14N4/c1-2-8(6-11)14-9-4-3-5-13-10(9)7-12/h3-5,8,14H,2,6,11H2,1H3. The molecular formula is C10H14N4. The summed E-state index contributed by atoms with van der Waals surface area (Å²) in [5, 5.41) is 12.0. The van der Waals surface area contributed by atoms with Crippen molar-refractivity contribution in [3.8, 4) is 6.07 Å². The first-order valence-corrected chi connectivity index (χ1v) is 4.63. The van der Waals surface area contributed by atoms with Crippen LogP contribution in [0.3, 0.4) is 0 Å². The average molecular weight is 190 g/mol. The summed E-state index contributed by atoms with van der Waals surface area (Å²) in [6.07, 6.45) is 2.53. The van der Waals surface area contributed by atoms with E-state index in [9.17, 15) is 0 Å². The van der Waals surface area contributed by atoms with Gasteiger partial charge in [0.15, 0.2) is 5.69 Å². The zero-order valence-electron chi connectivity index (χ0n) is 8.20. The molecule has 0 fully saturated rings. The molecule has 0 aliphatic rings. The van der Waals surface area contributed by atoms with E-state index in [1.54, 1.807) is 12.3 Å². The summed E-state index contributed by atoms with van der Waals surface area (Å²) in [6.45, 7) is 2.60. The van der Waals surface area contributed by atoms with Crippen molar-refractivity contribution in [2.45, 2.75) is 19.4 Å². The Morgan fingerprint density at radius 2 is 2.50 bits per heavy atom. The van der Waals surface area contributed by atoms with E-state index >= 15 is 0 Å². The van der Waals surface area contributed by atoms with Crippen LogP contribution in [-0.4, -0.2) is 17.6 Å². The fourth-order valence-corrected chi connectivity index (χ4v) is 1.16. The quantitative estimate of drug-likeness (QED) is 0.745. The Labute approximate surface area is 83.8 Å². The van der Waals surface area contributed by atoms with Crippen molar-refractivity contribution in [3.63, 3.8) is 0 Å². The minimum atomic E-state index is 0.200. The highest BCUT2D eigenvalue weighted by Crippen LogP contribution is 2.12. The molecule has 74 valence electrons. The van der Waals surface area contributed by atoms with Crippen molar-refractivity contribution in [1.82, 2.24) is 4.98 Å². The second-order valence-corrected chi connectivity index (χ2v) is 3.00. The van der Waals surface area contributed by atoms with Gasteiger partial charge in [-0.25, -0.2) is 4.98 Å². The molecule has 1 rings (SSSR count). The summed E-state index contributed by atoms with van der Waals surface area (Å²) >= 11 is 0. The summed E-state index contributed by atoms with van der Waals surface area (Å²) in [4.78, 5) is 3.95. The smallest absolute Gasteiger partial charge is 0.163 e. The number of nitrogens with two attached hydrogens (primary N) is 1. The number of nitrogens with zero attached hydrogens (tertiary/aromatic N) is 2. The van der Waals surface area contributed by atoms with Crippen LogP contribution in [0, 0.1) is 11.3 Å². The molecule has 0 bridgehead atoms.